The van der Waals surface area contributed by atoms with E-state index in [1.807, 2.05) is 0 Å². The van der Waals surface area contributed by atoms with Crippen LogP contribution in [0.25, 0.3) is 0 Å². The number of nitrogens with one attached hydrogen (secondary N) is 1. The first-order valence-electron chi connectivity index (χ1n) is 2.88. The fourth-order valence-electron chi connectivity index (χ4n) is 0.748. The highest BCUT2D eigenvalue weighted by Gasteiger charge is 2.34. The molecule has 0 aromatic heterocycles. The molecule has 1 N–H and O–H groups in total. The number of rotatable bonds is 2. The Morgan fingerprint density at radius 2 is 2.44 bits per heavy atom. The smallest absolute Gasteiger partial charge is 0.214 e. The maximum absolute atomic E-state index is 6.40. The summed E-state index contributed by atoms with van der Waals surface area (Å²) < 4.78 is 4.97. The van der Waals surface area contributed by atoms with Crippen LogP contribution in [0.1, 0.15) is 6.92 Å². The molecule has 0 unspecified atom stereocenters. The van der Waals surface area contributed by atoms with Crippen LogP contribution < -0.4 is 4.91 Å². The van der Waals surface area contributed by atoms with Crippen LogP contribution in [0.2, 0.25) is 0 Å². The molecule has 1 rings (SSSR count). The molecular weight excluding hydrogens is 118 g/mol. The van der Waals surface area contributed by atoms with Crippen LogP contribution in [0.4, 0.5) is 0 Å². The van der Waals surface area contributed by atoms with Crippen molar-refractivity contribution in [2.24, 2.45) is 10.5 Å². The highest BCUT2D eigenvalue weighted by atomic mass is 16.5. The predicted molar refractivity (Wildman–Crippen MR) is 31.1 cm³/mol. The number of hydrogen-bond donors (Lipinski definition) is 1. The second-order valence-corrected chi connectivity index (χ2v) is 2.70. The first kappa shape index (κ1) is 6.39. The Bertz CT molecular complexity index is 146. The molecule has 0 aliphatic carbocycles. The molecule has 4 heteroatoms. The van der Waals surface area contributed by atoms with Crippen molar-refractivity contribution < 1.29 is 4.74 Å². The van der Waals surface area contributed by atoms with Gasteiger partial charge in [0.1, 0.15) is 17.2 Å². The molecule has 0 spiro atoms. The van der Waals surface area contributed by atoms with Crippen molar-refractivity contribution in [1.82, 2.24) is 4.91 Å². The molecule has 50 valence electrons. The summed E-state index contributed by atoms with van der Waals surface area (Å²) in [5, 5.41) is 3.58. The highest BCUT2D eigenvalue weighted by molar-refractivity contribution is 4.81. The van der Waals surface area contributed by atoms with Crippen LogP contribution in [-0.2, 0) is 4.74 Å². The van der Waals surface area contributed by atoms with Crippen molar-refractivity contribution in [3.63, 3.8) is 0 Å². The van der Waals surface area contributed by atoms with Gasteiger partial charge in [0, 0.05) is 5.41 Å². The minimum Gasteiger partial charge on any atom is -0.380 e. The number of ether oxygens (including phenoxy) is 1. The monoisotopic (exact) mass is 128 g/mol. The minimum absolute atomic E-state index is 0.171. The summed E-state index contributed by atoms with van der Waals surface area (Å²) in [6.07, 6.45) is 0. The molecule has 0 bridgehead atoms. The largest absolute Gasteiger partial charge is 0.380 e. The second kappa shape index (κ2) is 2.25. The third kappa shape index (κ3) is 1.34. The molecular formula is C5H10N3O+. The molecule has 4 nitrogen and oxygen atoms in total. The molecule has 0 radical (unpaired) electrons. The lowest BCUT2D eigenvalue weighted by atomic mass is 9.89. The van der Waals surface area contributed by atoms with Gasteiger partial charge in [-0.2, -0.15) is 0 Å². The van der Waals surface area contributed by atoms with Gasteiger partial charge in [0.05, 0.1) is 13.2 Å². The molecule has 0 aromatic rings. The molecule has 1 fully saturated rings. The fourth-order valence-corrected chi connectivity index (χ4v) is 0.748. The minimum atomic E-state index is 0.171. The molecule has 1 saturated heterocycles. The van der Waals surface area contributed by atoms with E-state index in [2.05, 4.69) is 16.9 Å². The lowest BCUT2D eigenvalue weighted by molar-refractivity contribution is -0.0953. The Balaban J connectivity index is 2.32. The van der Waals surface area contributed by atoms with E-state index in [4.69, 9.17) is 10.3 Å². The Morgan fingerprint density at radius 1 is 1.78 bits per heavy atom. The maximum atomic E-state index is 6.40. The summed E-state index contributed by atoms with van der Waals surface area (Å²) in [5.41, 5.74) is 6.57. The van der Waals surface area contributed by atoms with E-state index in [1.54, 1.807) is 0 Å². The molecule has 0 saturated carbocycles. The van der Waals surface area contributed by atoms with Crippen molar-refractivity contribution in [1.29, 1.82) is 5.53 Å². The van der Waals surface area contributed by atoms with Crippen molar-refractivity contribution in [3.8, 4) is 0 Å². The lowest BCUT2D eigenvalue weighted by Crippen LogP contribution is -2.42. The van der Waals surface area contributed by atoms with Gasteiger partial charge in [-0.05, 0) is 0 Å². The predicted octanol–water partition coefficient (Wildman–Crippen LogP) is 0.573. The lowest BCUT2D eigenvalue weighted by Gasteiger charge is -2.34. The van der Waals surface area contributed by atoms with Crippen LogP contribution in [0, 0.1) is 10.9 Å². The third-order valence-corrected chi connectivity index (χ3v) is 1.42. The van der Waals surface area contributed by atoms with Crippen molar-refractivity contribution in [2.75, 3.05) is 19.8 Å². The fraction of sp³-hybridized carbons (Fsp3) is 1.00. The summed E-state index contributed by atoms with van der Waals surface area (Å²) in [5.74, 6) is 0. The Hall–Kier alpha value is -0.730. The molecule has 0 atom stereocenters. The first-order valence-corrected chi connectivity index (χ1v) is 2.88. The van der Waals surface area contributed by atoms with Crippen LogP contribution in [-0.4, -0.2) is 19.8 Å². The molecule has 9 heavy (non-hydrogen) atoms. The van der Waals surface area contributed by atoms with Crippen LogP contribution in [0.5, 0.6) is 0 Å². The van der Waals surface area contributed by atoms with E-state index >= 15 is 0 Å². The van der Waals surface area contributed by atoms with E-state index in [0.717, 1.165) is 13.2 Å². The molecule has 1 aliphatic rings. The number of nitrogens with zero attached hydrogens (tertiary/aromatic N) is 2. The van der Waals surface area contributed by atoms with Crippen molar-refractivity contribution in [3.05, 3.63) is 0 Å². The van der Waals surface area contributed by atoms with Gasteiger partial charge in [-0.1, -0.05) is 6.92 Å². The van der Waals surface area contributed by atoms with Gasteiger partial charge in [0.15, 0.2) is 0 Å². The second-order valence-electron chi connectivity index (χ2n) is 2.70. The zero-order chi connectivity index (χ0) is 6.74. The summed E-state index contributed by atoms with van der Waals surface area (Å²) in [4.78, 5) is 2.92. The molecule has 1 aliphatic heterocycles. The van der Waals surface area contributed by atoms with Crippen LogP contribution in [0.3, 0.4) is 0 Å². The zero-order valence-corrected chi connectivity index (χ0v) is 5.42. The van der Waals surface area contributed by atoms with Crippen LogP contribution in [0.15, 0.2) is 5.11 Å². The average Bonchev–Trinajstić information content (AvgIpc) is 1.79. The van der Waals surface area contributed by atoms with Gasteiger partial charge in [-0.3, -0.25) is 0 Å². The van der Waals surface area contributed by atoms with E-state index in [0.29, 0.717) is 6.54 Å². The van der Waals surface area contributed by atoms with Crippen molar-refractivity contribution in [2.45, 2.75) is 6.92 Å². The third-order valence-electron chi connectivity index (χ3n) is 1.42. The van der Waals surface area contributed by atoms with Gasteiger partial charge in [-0.25, -0.2) is 0 Å². The summed E-state index contributed by atoms with van der Waals surface area (Å²) in [7, 11) is 0. The van der Waals surface area contributed by atoms with Gasteiger partial charge in [0.25, 0.3) is 0 Å². The summed E-state index contributed by atoms with van der Waals surface area (Å²) >= 11 is 0. The van der Waals surface area contributed by atoms with E-state index in [-0.39, 0.29) is 5.41 Å². The number of hydrogen-bond acceptors (Lipinski definition) is 3. The van der Waals surface area contributed by atoms with E-state index < -0.39 is 0 Å². The zero-order valence-electron chi connectivity index (χ0n) is 5.42. The normalized spacial score (nSPS) is 21.9. The molecule has 1 heterocycles. The SMILES string of the molecule is CC1(CN=[N+]=N)COC1. The highest BCUT2D eigenvalue weighted by Crippen LogP contribution is 2.25. The summed E-state index contributed by atoms with van der Waals surface area (Å²) in [6.45, 7) is 4.21. The van der Waals surface area contributed by atoms with Crippen molar-refractivity contribution >= 4 is 0 Å². The Morgan fingerprint density at radius 3 is 2.78 bits per heavy atom. The van der Waals surface area contributed by atoms with Gasteiger partial charge in [0.2, 0.25) is 4.91 Å². The van der Waals surface area contributed by atoms with E-state index in [9.17, 15) is 0 Å². The standard InChI is InChI=1S/C5H10N3O/c1-5(2-7-8-6)3-9-4-5/h6H,2-4H2,1H3/q+1. The van der Waals surface area contributed by atoms with Crippen LogP contribution >= 0.6 is 0 Å². The molecule has 0 aromatic carbocycles. The maximum Gasteiger partial charge on any atom is 0.214 e. The topological polar surface area (TPSA) is 59.5 Å². The molecule has 0 amide bonds. The van der Waals surface area contributed by atoms with E-state index in [1.165, 1.54) is 0 Å². The average molecular weight is 128 g/mol. The van der Waals surface area contributed by atoms with Gasteiger partial charge in [-0.15, -0.1) is 0 Å². The van der Waals surface area contributed by atoms with Gasteiger partial charge >= 0.3 is 0 Å². The Kier molecular flexibility index (Phi) is 1.60. The van der Waals surface area contributed by atoms with Gasteiger partial charge < -0.3 is 4.74 Å². The quantitative estimate of drug-likeness (QED) is 0.429. The Labute approximate surface area is 53.4 Å². The first-order chi connectivity index (χ1) is 4.27. The summed E-state index contributed by atoms with van der Waals surface area (Å²) in [6, 6.07) is 0.